The number of thiocarbonyl (C=S) groups is 1. The Kier molecular flexibility index (Phi) is 8.84. The highest BCUT2D eigenvalue weighted by Crippen LogP contribution is 1.93. The van der Waals surface area contributed by atoms with E-state index in [0.717, 1.165) is 0 Å². The molecule has 0 rings (SSSR count). The van der Waals surface area contributed by atoms with Gasteiger partial charge in [-0.25, -0.2) is 0 Å². The monoisotopic (exact) mass is 302 g/mol. The molecule has 0 aromatic carbocycles. The Labute approximate surface area is 121 Å². The first-order valence-corrected chi connectivity index (χ1v) is 6.28. The number of hydrogen-bond donors (Lipinski definition) is 4. The molecule has 0 aliphatic carbocycles. The van der Waals surface area contributed by atoms with E-state index < -0.39 is 11.9 Å². The molecule has 112 valence electrons. The molecule has 0 heterocycles. The molecule has 0 atom stereocenters. The first kappa shape index (κ1) is 18.0. The number of hydrazone groups is 2. The smallest absolute Gasteiger partial charge is 0.303 e. The first-order valence-electron chi connectivity index (χ1n) is 5.87. The van der Waals surface area contributed by atoms with E-state index in [1.807, 2.05) is 0 Å². The third kappa shape index (κ3) is 11.1. The molecule has 0 unspecified atom stereocenters. The average Bonchev–Trinajstić information content (AvgIpc) is 2.37. The Hall–Kier alpha value is -2.03. The molecule has 0 saturated carbocycles. The van der Waals surface area contributed by atoms with Gasteiger partial charge in [0.05, 0.1) is 12.8 Å². The lowest BCUT2D eigenvalue weighted by molar-refractivity contribution is -0.137. The van der Waals surface area contributed by atoms with Gasteiger partial charge in [0.25, 0.3) is 0 Å². The molecule has 4 N–H and O–H groups in total. The third-order valence-electron chi connectivity index (χ3n) is 2.10. The molecule has 0 aromatic heterocycles. The first-order chi connectivity index (χ1) is 9.31. The lowest BCUT2D eigenvalue weighted by atomic mass is 10.2. The van der Waals surface area contributed by atoms with Crippen molar-refractivity contribution in [2.75, 3.05) is 0 Å². The number of carboxylic acid groups (broad SMARTS) is 2. The van der Waals surface area contributed by atoms with Crippen LogP contribution in [0.15, 0.2) is 10.2 Å². The minimum absolute atomic E-state index is 0.00362. The van der Waals surface area contributed by atoms with Crippen LogP contribution in [0.5, 0.6) is 0 Å². The number of aliphatic carboxylic acids is 2. The topological polar surface area (TPSA) is 123 Å². The summed E-state index contributed by atoms with van der Waals surface area (Å²) in [6, 6.07) is 0. The molecule has 0 bridgehead atoms. The molecular formula is C11H18N4O4S. The number of rotatable bonds is 8. The summed E-state index contributed by atoms with van der Waals surface area (Å²) in [7, 11) is 0. The second-order valence-corrected chi connectivity index (χ2v) is 4.44. The lowest BCUT2D eigenvalue weighted by Crippen LogP contribution is -2.29. The molecule has 0 aliphatic heterocycles. The predicted octanol–water partition coefficient (Wildman–Crippen LogP) is 0.932. The molecule has 0 radical (unpaired) electrons. The van der Waals surface area contributed by atoms with Gasteiger partial charge in [0.15, 0.2) is 0 Å². The average molecular weight is 302 g/mol. The van der Waals surface area contributed by atoms with Crippen molar-refractivity contribution in [1.29, 1.82) is 0 Å². The zero-order valence-electron chi connectivity index (χ0n) is 11.3. The summed E-state index contributed by atoms with van der Waals surface area (Å²) in [4.78, 5) is 20.7. The molecule has 0 fully saturated rings. The second-order valence-electron chi connectivity index (χ2n) is 4.03. The summed E-state index contributed by atoms with van der Waals surface area (Å²) in [6.45, 7) is 3.36. The molecule has 0 aromatic rings. The van der Waals surface area contributed by atoms with Gasteiger partial charge in [0.2, 0.25) is 5.11 Å². The Morgan fingerprint density at radius 2 is 1.25 bits per heavy atom. The van der Waals surface area contributed by atoms with Gasteiger partial charge in [-0.2, -0.15) is 10.2 Å². The van der Waals surface area contributed by atoms with Crippen LogP contribution in [0.2, 0.25) is 0 Å². The molecular weight excluding hydrogens is 284 g/mol. The van der Waals surface area contributed by atoms with Crippen LogP contribution in [-0.2, 0) is 9.59 Å². The fourth-order valence-corrected chi connectivity index (χ4v) is 1.10. The predicted molar refractivity (Wildman–Crippen MR) is 78.8 cm³/mol. The normalized spacial score (nSPS) is 11.9. The van der Waals surface area contributed by atoms with E-state index in [2.05, 4.69) is 21.1 Å². The maximum atomic E-state index is 10.4. The van der Waals surface area contributed by atoms with Gasteiger partial charge in [0.1, 0.15) is 0 Å². The van der Waals surface area contributed by atoms with E-state index in [1.165, 1.54) is 0 Å². The minimum atomic E-state index is -0.890. The van der Waals surface area contributed by atoms with Crippen LogP contribution < -0.4 is 10.9 Å². The highest BCUT2D eigenvalue weighted by molar-refractivity contribution is 7.80. The standard InChI is InChI=1S/C11H18N4O4S/c1-7(3-5-9(16)17)12-14-11(20)15-13-8(2)4-6-10(18)19/h3-6H2,1-2H3,(H,16,17)(H,18,19)(H2,14,15,20). The zero-order valence-corrected chi connectivity index (χ0v) is 12.2. The van der Waals surface area contributed by atoms with Crippen molar-refractivity contribution in [2.24, 2.45) is 10.2 Å². The quantitative estimate of drug-likeness (QED) is 0.299. The Morgan fingerprint density at radius 3 is 1.55 bits per heavy atom. The molecule has 0 amide bonds. The summed E-state index contributed by atoms with van der Waals surface area (Å²) in [6.07, 6.45) is 0.658. The van der Waals surface area contributed by atoms with Gasteiger partial charge in [0, 0.05) is 11.4 Å². The van der Waals surface area contributed by atoms with Crippen molar-refractivity contribution in [1.82, 2.24) is 10.9 Å². The third-order valence-corrected chi connectivity index (χ3v) is 2.28. The van der Waals surface area contributed by atoms with Crippen molar-refractivity contribution < 1.29 is 19.8 Å². The van der Waals surface area contributed by atoms with Crippen LogP contribution in [0.1, 0.15) is 39.5 Å². The highest BCUT2D eigenvalue weighted by Gasteiger charge is 2.01. The maximum Gasteiger partial charge on any atom is 0.303 e. The van der Waals surface area contributed by atoms with Crippen LogP contribution in [0.4, 0.5) is 0 Å². The number of nitrogens with one attached hydrogen (secondary N) is 2. The van der Waals surface area contributed by atoms with E-state index in [0.29, 0.717) is 24.3 Å². The largest absolute Gasteiger partial charge is 0.481 e. The van der Waals surface area contributed by atoms with Gasteiger partial charge < -0.3 is 10.2 Å². The highest BCUT2D eigenvalue weighted by atomic mass is 32.1. The summed E-state index contributed by atoms with van der Waals surface area (Å²) in [5.74, 6) is -1.78. The molecule has 0 spiro atoms. The van der Waals surface area contributed by atoms with Crippen molar-refractivity contribution in [3.63, 3.8) is 0 Å². The Balaban J connectivity index is 4.04. The fourth-order valence-electron chi connectivity index (χ4n) is 1.00. The molecule has 20 heavy (non-hydrogen) atoms. The van der Waals surface area contributed by atoms with E-state index in [9.17, 15) is 9.59 Å². The number of carboxylic acids is 2. The van der Waals surface area contributed by atoms with Gasteiger partial charge in [-0.05, 0) is 38.9 Å². The van der Waals surface area contributed by atoms with Crippen LogP contribution in [0.3, 0.4) is 0 Å². The minimum Gasteiger partial charge on any atom is -0.481 e. The Morgan fingerprint density at radius 1 is 0.900 bits per heavy atom. The van der Waals surface area contributed by atoms with Gasteiger partial charge in [-0.3, -0.25) is 20.4 Å². The second kappa shape index (κ2) is 9.84. The lowest BCUT2D eigenvalue weighted by Gasteiger charge is -2.04. The van der Waals surface area contributed by atoms with Crippen LogP contribution >= 0.6 is 12.2 Å². The van der Waals surface area contributed by atoms with E-state index >= 15 is 0 Å². The van der Waals surface area contributed by atoms with Gasteiger partial charge in [-0.15, -0.1) is 0 Å². The van der Waals surface area contributed by atoms with E-state index in [4.69, 9.17) is 22.4 Å². The number of nitrogens with zero attached hydrogens (tertiary/aromatic N) is 2. The fraction of sp³-hybridized carbons (Fsp3) is 0.545. The van der Waals surface area contributed by atoms with Crippen molar-refractivity contribution in [2.45, 2.75) is 39.5 Å². The van der Waals surface area contributed by atoms with Gasteiger partial charge in [-0.1, -0.05) is 0 Å². The van der Waals surface area contributed by atoms with Crippen molar-refractivity contribution in [3.8, 4) is 0 Å². The molecule has 0 aliphatic rings. The number of carbonyl (C=O) groups is 2. The van der Waals surface area contributed by atoms with E-state index in [1.54, 1.807) is 13.8 Å². The Bertz CT molecular complexity index is 396. The molecule has 0 saturated heterocycles. The molecule has 8 nitrogen and oxygen atoms in total. The molecule has 9 heteroatoms. The van der Waals surface area contributed by atoms with E-state index in [-0.39, 0.29) is 18.0 Å². The van der Waals surface area contributed by atoms with Crippen molar-refractivity contribution in [3.05, 3.63) is 0 Å². The van der Waals surface area contributed by atoms with Crippen LogP contribution in [-0.4, -0.2) is 38.7 Å². The summed E-state index contributed by atoms with van der Waals surface area (Å²) in [5.41, 5.74) is 6.24. The van der Waals surface area contributed by atoms with Crippen LogP contribution in [0, 0.1) is 0 Å². The SMILES string of the molecule is CC(CCC(=O)O)=NNC(=S)NN=C(C)CCC(=O)O. The zero-order chi connectivity index (χ0) is 15.5. The van der Waals surface area contributed by atoms with Gasteiger partial charge >= 0.3 is 11.9 Å². The maximum absolute atomic E-state index is 10.4. The van der Waals surface area contributed by atoms with Crippen LogP contribution in [0.25, 0.3) is 0 Å². The van der Waals surface area contributed by atoms with Crippen molar-refractivity contribution >= 4 is 40.7 Å². The summed E-state index contributed by atoms with van der Waals surface area (Å²) in [5, 5.41) is 24.9. The number of hydrogen-bond acceptors (Lipinski definition) is 5. The summed E-state index contributed by atoms with van der Waals surface area (Å²) >= 11 is 4.89. The summed E-state index contributed by atoms with van der Waals surface area (Å²) < 4.78 is 0.